The number of nitrogens with one attached hydrogen (secondary N) is 1. The number of amides is 1. The molecule has 0 saturated heterocycles. The molecule has 0 bridgehead atoms. The molecule has 21 heavy (non-hydrogen) atoms. The standard InChI is InChI=1S/C18H18ClNO/c1-12-5-2-3-6-14(12)11-20-18(21)17-10-16(17)13-7-4-8-15(19)9-13/h2-9,16-17H,10-11H2,1H3,(H,20,21). The van der Waals surface area contributed by atoms with E-state index < -0.39 is 0 Å². The van der Waals surface area contributed by atoms with Gasteiger partial charge in [0.15, 0.2) is 0 Å². The maximum absolute atomic E-state index is 12.2. The Morgan fingerprint density at radius 1 is 1.24 bits per heavy atom. The van der Waals surface area contributed by atoms with E-state index in [1.165, 1.54) is 16.7 Å². The number of hydrogen-bond acceptors (Lipinski definition) is 1. The van der Waals surface area contributed by atoms with Gasteiger partial charge in [0.05, 0.1) is 0 Å². The molecular formula is C18H18ClNO. The lowest BCUT2D eigenvalue weighted by molar-refractivity contribution is -0.122. The van der Waals surface area contributed by atoms with Crippen molar-refractivity contribution in [3.05, 3.63) is 70.2 Å². The number of aryl methyl sites for hydroxylation is 1. The highest BCUT2D eigenvalue weighted by molar-refractivity contribution is 6.30. The minimum Gasteiger partial charge on any atom is -0.352 e. The highest BCUT2D eigenvalue weighted by atomic mass is 35.5. The SMILES string of the molecule is Cc1ccccc1CNC(=O)C1CC1c1cccc(Cl)c1. The Morgan fingerprint density at radius 3 is 2.81 bits per heavy atom. The highest BCUT2D eigenvalue weighted by Crippen LogP contribution is 2.47. The normalized spacial score (nSPS) is 20.1. The fourth-order valence-electron chi connectivity index (χ4n) is 2.71. The molecule has 0 radical (unpaired) electrons. The van der Waals surface area contributed by atoms with Crippen molar-refractivity contribution in [2.75, 3.05) is 0 Å². The number of benzene rings is 2. The van der Waals surface area contributed by atoms with Gasteiger partial charge in [0.25, 0.3) is 0 Å². The molecule has 3 rings (SSSR count). The first kappa shape index (κ1) is 14.2. The third-order valence-corrected chi connectivity index (χ3v) is 4.35. The van der Waals surface area contributed by atoms with Gasteiger partial charge in [-0.1, -0.05) is 48.0 Å². The fourth-order valence-corrected chi connectivity index (χ4v) is 2.91. The van der Waals surface area contributed by atoms with Crippen molar-refractivity contribution in [1.29, 1.82) is 0 Å². The van der Waals surface area contributed by atoms with Gasteiger partial charge in [-0.15, -0.1) is 0 Å². The molecule has 2 aromatic carbocycles. The van der Waals surface area contributed by atoms with E-state index in [2.05, 4.69) is 24.4 Å². The maximum atomic E-state index is 12.2. The van der Waals surface area contributed by atoms with E-state index in [0.717, 1.165) is 11.4 Å². The molecule has 2 unspecified atom stereocenters. The van der Waals surface area contributed by atoms with E-state index in [4.69, 9.17) is 11.6 Å². The van der Waals surface area contributed by atoms with Crippen molar-refractivity contribution >= 4 is 17.5 Å². The van der Waals surface area contributed by atoms with E-state index in [0.29, 0.717) is 12.5 Å². The minimum absolute atomic E-state index is 0.0903. The van der Waals surface area contributed by atoms with Gasteiger partial charge in [-0.2, -0.15) is 0 Å². The summed E-state index contributed by atoms with van der Waals surface area (Å²) in [5.74, 6) is 0.552. The first-order valence-corrected chi connectivity index (χ1v) is 7.60. The first-order valence-electron chi connectivity index (χ1n) is 7.23. The van der Waals surface area contributed by atoms with Crippen molar-refractivity contribution in [3.63, 3.8) is 0 Å². The van der Waals surface area contributed by atoms with Crippen LogP contribution in [0.15, 0.2) is 48.5 Å². The maximum Gasteiger partial charge on any atom is 0.224 e. The summed E-state index contributed by atoms with van der Waals surface area (Å²) in [4.78, 5) is 12.2. The second kappa shape index (κ2) is 5.90. The van der Waals surface area contributed by atoms with Crippen molar-refractivity contribution in [2.45, 2.75) is 25.8 Å². The van der Waals surface area contributed by atoms with Gasteiger partial charge in [0.2, 0.25) is 5.91 Å². The number of carbonyl (C=O) groups is 1. The average Bonchev–Trinajstić information content (AvgIpc) is 3.27. The molecule has 1 aliphatic carbocycles. The number of rotatable bonds is 4. The Balaban J connectivity index is 1.57. The average molecular weight is 300 g/mol. The van der Waals surface area contributed by atoms with Crippen LogP contribution in [0.5, 0.6) is 0 Å². The number of halogens is 1. The van der Waals surface area contributed by atoms with E-state index in [9.17, 15) is 4.79 Å². The summed E-state index contributed by atoms with van der Waals surface area (Å²) < 4.78 is 0. The molecule has 0 heterocycles. The second-order valence-electron chi connectivity index (χ2n) is 5.65. The summed E-state index contributed by atoms with van der Waals surface area (Å²) in [7, 11) is 0. The van der Waals surface area contributed by atoms with Gasteiger partial charge >= 0.3 is 0 Å². The molecular weight excluding hydrogens is 282 g/mol. The monoisotopic (exact) mass is 299 g/mol. The molecule has 2 atom stereocenters. The lowest BCUT2D eigenvalue weighted by Crippen LogP contribution is -2.25. The first-order chi connectivity index (χ1) is 10.1. The second-order valence-corrected chi connectivity index (χ2v) is 6.08. The van der Waals surface area contributed by atoms with Crippen molar-refractivity contribution < 1.29 is 4.79 Å². The van der Waals surface area contributed by atoms with Crippen LogP contribution in [0.25, 0.3) is 0 Å². The zero-order valence-corrected chi connectivity index (χ0v) is 12.7. The minimum atomic E-state index is 0.0903. The molecule has 0 aromatic heterocycles. The van der Waals surface area contributed by atoms with Crippen LogP contribution in [-0.2, 0) is 11.3 Å². The zero-order valence-electron chi connectivity index (χ0n) is 12.0. The molecule has 1 N–H and O–H groups in total. The predicted octanol–water partition coefficient (Wildman–Crippen LogP) is 4.07. The third kappa shape index (κ3) is 3.27. The summed E-state index contributed by atoms with van der Waals surface area (Å²) in [5, 5.41) is 3.78. The molecule has 2 aromatic rings. The van der Waals surface area contributed by atoms with Gasteiger partial charge in [0.1, 0.15) is 0 Å². The Labute approximate surface area is 130 Å². The van der Waals surface area contributed by atoms with Crippen LogP contribution in [0.1, 0.15) is 29.0 Å². The van der Waals surface area contributed by atoms with Crippen molar-refractivity contribution in [2.24, 2.45) is 5.92 Å². The number of carbonyl (C=O) groups excluding carboxylic acids is 1. The molecule has 0 spiro atoms. The summed E-state index contributed by atoms with van der Waals surface area (Å²) in [5.41, 5.74) is 3.55. The molecule has 108 valence electrons. The van der Waals surface area contributed by atoms with Crippen molar-refractivity contribution in [1.82, 2.24) is 5.32 Å². The summed E-state index contributed by atoms with van der Waals surface area (Å²) >= 11 is 6.00. The summed E-state index contributed by atoms with van der Waals surface area (Å²) in [6.45, 7) is 2.66. The van der Waals surface area contributed by atoms with E-state index in [-0.39, 0.29) is 11.8 Å². The molecule has 3 heteroatoms. The van der Waals surface area contributed by atoms with Crippen LogP contribution in [-0.4, -0.2) is 5.91 Å². The molecule has 1 amide bonds. The van der Waals surface area contributed by atoms with Crippen LogP contribution >= 0.6 is 11.6 Å². The molecule has 1 fully saturated rings. The Kier molecular flexibility index (Phi) is 3.98. The lowest BCUT2D eigenvalue weighted by atomic mass is 10.1. The molecule has 2 nitrogen and oxygen atoms in total. The highest BCUT2D eigenvalue weighted by Gasteiger charge is 2.43. The summed E-state index contributed by atoms with van der Waals surface area (Å²) in [6.07, 6.45) is 0.917. The Morgan fingerprint density at radius 2 is 2.05 bits per heavy atom. The Hall–Kier alpha value is -1.80. The largest absolute Gasteiger partial charge is 0.352 e. The molecule has 0 aliphatic heterocycles. The number of hydrogen-bond donors (Lipinski definition) is 1. The van der Waals surface area contributed by atoms with Crippen LogP contribution in [0, 0.1) is 12.8 Å². The predicted molar refractivity (Wildman–Crippen MR) is 85.3 cm³/mol. The molecule has 1 saturated carbocycles. The third-order valence-electron chi connectivity index (χ3n) is 4.12. The van der Waals surface area contributed by atoms with Crippen LogP contribution in [0.3, 0.4) is 0 Å². The van der Waals surface area contributed by atoms with Crippen LogP contribution < -0.4 is 5.32 Å². The van der Waals surface area contributed by atoms with Gasteiger partial charge in [-0.3, -0.25) is 4.79 Å². The Bertz CT molecular complexity index is 668. The van der Waals surface area contributed by atoms with E-state index in [1.807, 2.05) is 36.4 Å². The molecule has 1 aliphatic rings. The van der Waals surface area contributed by atoms with Gasteiger partial charge in [0, 0.05) is 17.5 Å². The zero-order chi connectivity index (χ0) is 14.8. The quantitative estimate of drug-likeness (QED) is 0.906. The lowest BCUT2D eigenvalue weighted by Gasteiger charge is -2.08. The summed E-state index contributed by atoms with van der Waals surface area (Å²) in [6, 6.07) is 15.9. The van der Waals surface area contributed by atoms with Gasteiger partial charge in [-0.05, 0) is 48.1 Å². The van der Waals surface area contributed by atoms with Gasteiger partial charge < -0.3 is 5.32 Å². The van der Waals surface area contributed by atoms with E-state index in [1.54, 1.807) is 0 Å². The van der Waals surface area contributed by atoms with Crippen LogP contribution in [0.4, 0.5) is 0 Å². The van der Waals surface area contributed by atoms with Crippen LogP contribution in [0.2, 0.25) is 5.02 Å². The van der Waals surface area contributed by atoms with E-state index >= 15 is 0 Å². The smallest absolute Gasteiger partial charge is 0.224 e. The topological polar surface area (TPSA) is 29.1 Å². The van der Waals surface area contributed by atoms with Crippen molar-refractivity contribution in [3.8, 4) is 0 Å². The van der Waals surface area contributed by atoms with Gasteiger partial charge in [-0.25, -0.2) is 0 Å². The fraction of sp³-hybridized carbons (Fsp3) is 0.278.